The summed E-state index contributed by atoms with van der Waals surface area (Å²) in [6, 6.07) is 6.26. The normalized spacial score (nSPS) is 11.2. The van der Waals surface area contributed by atoms with E-state index in [0.717, 1.165) is 0 Å². The van der Waals surface area contributed by atoms with Gasteiger partial charge in [0.1, 0.15) is 0 Å². The van der Waals surface area contributed by atoms with E-state index in [1.165, 1.54) is 0 Å². The van der Waals surface area contributed by atoms with Crippen LogP contribution in [-0.2, 0) is 6.61 Å². The van der Waals surface area contributed by atoms with Crippen LogP contribution in [0.2, 0.25) is 0 Å². The lowest BCUT2D eigenvalue weighted by Crippen LogP contribution is -2.21. The number of aliphatic hydroxyl groups is 1. The second kappa shape index (κ2) is 8.44. The summed E-state index contributed by atoms with van der Waals surface area (Å²) >= 11 is 0. The highest BCUT2D eigenvalue weighted by Gasteiger charge is 2.29. The first kappa shape index (κ1) is 18.7. The van der Waals surface area contributed by atoms with Crippen LogP contribution in [0.25, 0.3) is 0 Å². The maximum Gasteiger partial charge on any atom is 0.422 e. The molecule has 5 N–H and O–H groups in total. The fourth-order valence-electron chi connectivity index (χ4n) is 1.76. The lowest BCUT2D eigenvalue weighted by Gasteiger charge is -2.12. The number of anilines is 3. The Kier molecular flexibility index (Phi) is 6.31. The molecule has 0 saturated heterocycles. The zero-order valence-electron chi connectivity index (χ0n) is 13.0. The summed E-state index contributed by atoms with van der Waals surface area (Å²) in [7, 11) is 0. The number of halogens is 3. The first-order chi connectivity index (χ1) is 11.9. The fraction of sp³-hybridized carbons (Fsp3) is 0.357. The second-order valence-electron chi connectivity index (χ2n) is 4.87. The standard InChI is InChI=1S/C14H17F3N6O2/c15-14(16,17)8-25-13-22-11(19-5-4-18)21-12(23-13)20-10-3-1-2-9(6-10)7-24/h1-3,6,24H,4-5,7-8,18H2,(H2,19,20,21,22,23). The number of hydrogen-bond donors (Lipinski definition) is 4. The van der Waals surface area contributed by atoms with E-state index in [9.17, 15) is 13.2 Å². The van der Waals surface area contributed by atoms with E-state index >= 15 is 0 Å². The molecule has 0 aliphatic heterocycles. The molecular weight excluding hydrogens is 341 g/mol. The molecule has 0 unspecified atom stereocenters. The molecule has 0 saturated carbocycles. The molecule has 0 amide bonds. The third-order valence-corrected chi connectivity index (χ3v) is 2.77. The zero-order valence-corrected chi connectivity index (χ0v) is 13.0. The molecule has 1 aromatic carbocycles. The Bertz CT molecular complexity index is 699. The van der Waals surface area contributed by atoms with Crippen LogP contribution in [0.5, 0.6) is 6.01 Å². The second-order valence-corrected chi connectivity index (χ2v) is 4.87. The minimum atomic E-state index is -4.51. The summed E-state index contributed by atoms with van der Waals surface area (Å²) in [4.78, 5) is 11.6. The van der Waals surface area contributed by atoms with Gasteiger partial charge in [-0.15, -0.1) is 0 Å². The van der Waals surface area contributed by atoms with Crippen molar-refractivity contribution in [2.24, 2.45) is 5.73 Å². The number of nitrogens with one attached hydrogen (secondary N) is 2. The largest absolute Gasteiger partial charge is 0.454 e. The van der Waals surface area contributed by atoms with Gasteiger partial charge in [-0.2, -0.15) is 28.1 Å². The monoisotopic (exact) mass is 358 g/mol. The first-order valence-electron chi connectivity index (χ1n) is 7.26. The topological polar surface area (TPSA) is 118 Å². The van der Waals surface area contributed by atoms with E-state index in [-0.39, 0.29) is 25.0 Å². The van der Waals surface area contributed by atoms with E-state index in [4.69, 9.17) is 10.8 Å². The van der Waals surface area contributed by atoms with Gasteiger partial charge in [0.15, 0.2) is 6.61 Å². The van der Waals surface area contributed by atoms with Gasteiger partial charge in [-0.3, -0.25) is 0 Å². The summed E-state index contributed by atoms with van der Waals surface area (Å²) in [6.07, 6.45) is -4.51. The highest BCUT2D eigenvalue weighted by atomic mass is 19.4. The molecule has 0 bridgehead atoms. The predicted octanol–water partition coefficient (Wildman–Crippen LogP) is 1.42. The Morgan fingerprint density at radius 3 is 2.60 bits per heavy atom. The third kappa shape index (κ3) is 6.39. The minimum Gasteiger partial charge on any atom is -0.454 e. The van der Waals surface area contributed by atoms with Crippen LogP contribution in [-0.4, -0.2) is 45.9 Å². The highest BCUT2D eigenvalue weighted by molar-refractivity contribution is 5.55. The van der Waals surface area contributed by atoms with Gasteiger partial charge in [0, 0.05) is 18.8 Å². The van der Waals surface area contributed by atoms with Crippen molar-refractivity contribution >= 4 is 17.6 Å². The number of benzene rings is 1. The van der Waals surface area contributed by atoms with Crippen molar-refractivity contribution < 1.29 is 23.0 Å². The van der Waals surface area contributed by atoms with Gasteiger partial charge in [0.05, 0.1) is 6.61 Å². The average Bonchev–Trinajstić information content (AvgIpc) is 2.57. The molecule has 0 fully saturated rings. The number of nitrogens with zero attached hydrogens (tertiary/aromatic N) is 3. The van der Waals surface area contributed by atoms with Crippen LogP contribution in [0.4, 0.5) is 30.8 Å². The summed E-state index contributed by atoms with van der Waals surface area (Å²) < 4.78 is 41.5. The van der Waals surface area contributed by atoms with Crippen LogP contribution >= 0.6 is 0 Å². The molecule has 2 rings (SSSR count). The molecule has 2 aromatic rings. The molecule has 0 atom stereocenters. The van der Waals surface area contributed by atoms with Crippen molar-refractivity contribution in [1.29, 1.82) is 0 Å². The Labute approximate surface area is 141 Å². The van der Waals surface area contributed by atoms with Gasteiger partial charge in [-0.05, 0) is 17.7 Å². The van der Waals surface area contributed by atoms with Gasteiger partial charge in [-0.25, -0.2) is 0 Å². The van der Waals surface area contributed by atoms with Gasteiger partial charge in [-0.1, -0.05) is 12.1 Å². The first-order valence-corrected chi connectivity index (χ1v) is 7.26. The Balaban J connectivity index is 2.21. The summed E-state index contributed by atoms with van der Waals surface area (Å²) in [5.41, 5.74) is 6.56. The fourth-order valence-corrected chi connectivity index (χ4v) is 1.76. The number of rotatable bonds is 8. The SMILES string of the molecule is NCCNc1nc(Nc2cccc(CO)c2)nc(OCC(F)(F)F)n1. The molecular formula is C14H17F3N6O2. The number of alkyl halides is 3. The number of hydrogen-bond acceptors (Lipinski definition) is 8. The van der Waals surface area contributed by atoms with Crippen LogP contribution in [0.1, 0.15) is 5.56 Å². The maximum absolute atomic E-state index is 12.3. The van der Waals surface area contributed by atoms with E-state index in [1.807, 2.05) is 0 Å². The van der Waals surface area contributed by atoms with Crippen LogP contribution in [0, 0.1) is 0 Å². The van der Waals surface area contributed by atoms with Crippen LogP contribution < -0.4 is 21.1 Å². The minimum absolute atomic E-state index is 0.0122. The molecule has 0 aliphatic carbocycles. The number of aliphatic hydroxyl groups excluding tert-OH is 1. The number of aromatic nitrogens is 3. The molecule has 11 heteroatoms. The smallest absolute Gasteiger partial charge is 0.422 e. The molecule has 1 aromatic heterocycles. The van der Waals surface area contributed by atoms with Crippen molar-refractivity contribution in [2.75, 3.05) is 30.3 Å². The van der Waals surface area contributed by atoms with E-state index in [2.05, 4.69) is 30.3 Å². The van der Waals surface area contributed by atoms with E-state index in [1.54, 1.807) is 24.3 Å². The van der Waals surface area contributed by atoms with Crippen molar-refractivity contribution in [3.63, 3.8) is 0 Å². The van der Waals surface area contributed by atoms with Gasteiger partial charge in [0.2, 0.25) is 11.9 Å². The molecule has 1 heterocycles. The average molecular weight is 358 g/mol. The molecule has 0 spiro atoms. The lowest BCUT2D eigenvalue weighted by atomic mass is 10.2. The van der Waals surface area contributed by atoms with E-state index < -0.39 is 18.8 Å². The Morgan fingerprint density at radius 1 is 1.16 bits per heavy atom. The van der Waals surface area contributed by atoms with Crippen molar-refractivity contribution in [1.82, 2.24) is 15.0 Å². The van der Waals surface area contributed by atoms with Crippen LogP contribution in [0.15, 0.2) is 24.3 Å². The van der Waals surface area contributed by atoms with E-state index in [0.29, 0.717) is 17.8 Å². The molecule has 25 heavy (non-hydrogen) atoms. The Hall–Kier alpha value is -2.66. The van der Waals surface area contributed by atoms with Crippen molar-refractivity contribution in [3.8, 4) is 6.01 Å². The van der Waals surface area contributed by atoms with Gasteiger partial charge in [0.25, 0.3) is 0 Å². The van der Waals surface area contributed by atoms with Gasteiger partial charge < -0.3 is 26.2 Å². The molecule has 8 nitrogen and oxygen atoms in total. The summed E-state index contributed by atoms with van der Waals surface area (Å²) in [5.74, 6) is 0.0141. The van der Waals surface area contributed by atoms with Gasteiger partial charge >= 0.3 is 12.2 Å². The molecule has 136 valence electrons. The highest BCUT2D eigenvalue weighted by Crippen LogP contribution is 2.20. The number of ether oxygens (including phenoxy) is 1. The predicted molar refractivity (Wildman–Crippen MR) is 84.6 cm³/mol. The summed E-state index contributed by atoms with van der Waals surface area (Å²) in [6.45, 7) is -1.07. The Morgan fingerprint density at radius 2 is 1.92 bits per heavy atom. The quantitative estimate of drug-likeness (QED) is 0.560. The number of nitrogens with two attached hydrogens (primary N) is 1. The zero-order chi connectivity index (χ0) is 18.3. The van der Waals surface area contributed by atoms with Crippen LogP contribution in [0.3, 0.4) is 0 Å². The maximum atomic E-state index is 12.3. The summed E-state index contributed by atoms with van der Waals surface area (Å²) in [5, 5.41) is 14.7. The third-order valence-electron chi connectivity index (χ3n) is 2.77. The van der Waals surface area contributed by atoms with Crippen molar-refractivity contribution in [3.05, 3.63) is 29.8 Å². The van der Waals surface area contributed by atoms with Crippen molar-refractivity contribution in [2.45, 2.75) is 12.8 Å². The lowest BCUT2D eigenvalue weighted by molar-refractivity contribution is -0.154. The molecule has 0 radical (unpaired) electrons. The molecule has 0 aliphatic rings.